The van der Waals surface area contributed by atoms with Crippen LogP contribution < -0.4 is 9.64 Å². The molecule has 0 saturated heterocycles. The zero-order valence-corrected chi connectivity index (χ0v) is 12.9. The molecule has 0 unspecified atom stereocenters. The number of rotatable bonds is 1. The molecule has 1 aliphatic heterocycles. The maximum Gasteiger partial charge on any atom is 0.415 e. The fourth-order valence-corrected chi connectivity index (χ4v) is 2.06. The van der Waals surface area contributed by atoms with Gasteiger partial charge in [0.2, 0.25) is 0 Å². The third-order valence-corrected chi connectivity index (χ3v) is 2.94. The summed E-state index contributed by atoms with van der Waals surface area (Å²) in [7, 11) is 1.15. The Morgan fingerprint density at radius 1 is 1.32 bits per heavy atom. The van der Waals surface area contributed by atoms with Gasteiger partial charge in [0.15, 0.2) is 5.75 Å². The number of methoxy groups -OCH3 is 1. The Kier molecular flexibility index (Phi) is 4.25. The van der Waals surface area contributed by atoms with Gasteiger partial charge >= 0.3 is 12.1 Å². The average Bonchev–Trinajstić information content (AvgIpc) is 2.43. The Hall–Kier alpha value is -2.31. The van der Waals surface area contributed by atoms with Crippen molar-refractivity contribution in [2.75, 3.05) is 25.2 Å². The molecular formula is C15H18FNO5. The molecule has 0 N–H and O–H groups in total. The minimum atomic E-state index is -0.861. The van der Waals surface area contributed by atoms with E-state index in [0.717, 1.165) is 13.2 Å². The zero-order chi connectivity index (χ0) is 16.5. The molecule has 0 aromatic heterocycles. The molecule has 1 aromatic carbocycles. The summed E-state index contributed by atoms with van der Waals surface area (Å²) in [4.78, 5) is 25.3. The van der Waals surface area contributed by atoms with Crippen molar-refractivity contribution in [1.29, 1.82) is 0 Å². The van der Waals surface area contributed by atoms with Gasteiger partial charge in [-0.15, -0.1) is 0 Å². The Morgan fingerprint density at radius 2 is 2.00 bits per heavy atom. The van der Waals surface area contributed by atoms with Gasteiger partial charge in [-0.3, -0.25) is 4.90 Å². The number of anilines is 1. The predicted octanol–water partition coefficient (Wildman–Crippen LogP) is 2.75. The van der Waals surface area contributed by atoms with E-state index in [2.05, 4.69) is 4.74 Å². The molecule has 6 nitrogen and oxygen atoms in total. The summed E-state index contributed by atoms with van der Waals surface area (Å²) in [6, 6.07) is 2.47. The fourth-order valence-electron chi connectivity index (χ4n) is 2.06. The maximum atomic E-state index is 13.9. The van der Waals surface area contributed by atoms with E-state index in [1.54, 1.807) is 20.8 Å². The van der Waals surface area contributed by atoms with E-state index in [4.69, 9.17) is 9.47 Å². The lowest BCUT2D eigenvalue weighted by molar-refractivity contribution is 0.0552. The van der Waals surface area contributed by atoms with Crippen molar-refractivity contribution in [3.8, 4) is 5.75 Å². The van der Waals surface area contributed by atoms with Gasteiger partial charge in [0, 0.05) is 0 Å². The van der Waals surface area contributed by atoms with Gasteiger partial charge in [-0.25, -0.2) is 14.0 Å². The minimum Gasteiger partial charge on any atom is -0.489 e. The summed E-state index contributed by atoms with van der Waals surface area (Å²) in [6.45, 7) is 5.61. The summed E-state index contributed by atoms with van der Waals surface area (Å²) >= 11 is 0. The first-order valence-electron chi connectivity index (χ1n) is 6.78. The highest BCUT2D eigenvalue weighted by Gasteiger charge is 2.32. The van der Waals surface area contributed by atoms with Crippen molar-refractivity contribution in [1.82, 2.24) is 0 Å². The molecule has 22 heavy (non-hydrogen) atoms. The smallest absolute Gasteiger partial charge is 0.415 e. The van der Waals surface area contributed by atoms with Crippen molar-refractivity contribution >= 4 is 17.7 Å². The average molecular weight is 311 g/mol. The largest absolute Gasteiger partial charge is 0.489 e. The zero-order valence-electron chi connectivity index (χ0n) is 12.9. The molecule has 1 aromatic rings. The van der Waals surface area contributed by atoms with Gasteiger partial charge < -0.3 is 14.2 Å². The van der Waals surface area contributed by atoms with E-state index in [1.807, 2.05) is 0 Å². The lowest BCUT2D eigenvalue weighted by atomic mass is 10.1. The van der Waals surface area contributed by atoms with Gasteiger partial charge in [0.25, 0.3) is 0 Å². The third kappa shape index (κ3) is 3.13. The molecular weight excluding hydrogens is 293 g/mol. The second kappa shape index (κ2) is 5.82. The summed E-state index contributed by atoms with van der Waals surface area (Å²) in [5.41, 5.74) is -0.712. The normalized spacial score (nSPS) is 14.0. The molecule has 0 bridgehead atoms. The van der Waals surface area contributed by atoms with Crippen LogP contribution in [0.5, 0.6) is 5.75 Å². The van der Waals surface area contributed by atoms with Crippen LogP contribution in [0.15, 0.2) is 12.1 Å². The molecule has 0 radical (unpaired) electrons. The van der Waals surface area contributed by atoms with Crippen molar-refractivity contribution < 1.29 is 28.2 Å². The lowest BCUT2D eigenvalue weighted by Gasteiger charge is -2.32. The number of nitrogens with zero attached hydrogens (tertiary/aromatic N) is 1. The first kappa shape index (κ1) is 16.1. The maximum absolute atomic E-state index is 13.9. The highest BCUT2D eigenvalue weighted by atomic mass is 19.1. The quantitative estimate of drug-likeness (QED) is 0.746. The monoisotopic (exact) mass is 311 g/mol. The third-order valence-electron chi connectivity index (χ3n) is 2.94. The first-order chi connectivity index (χ1) is 10.2. The van der Waals surface area contributed by atoms with E-state index in [0.29, 0.717) is 0 Å². The highest BCUT2D eigenvalue weighted by Crippen LogP contribution is 2.37. The number of carbonyl (C=O) groups excluding carboxylic acids is 2. The number of fused-ring (bicyclic) bond motifs is 1. The molecule has 1 aliphatic rings. The van der Waals surface area contributed by atoms with Crippen LogP contribution in [0, 0.1) is 5.82 Å². The fraction of sp³-hybridized carbons (Fsp3) is 0.467. The molecule has 0 saturated carbocycles. The van der Waals surface area contributed by atoms with Crippen LogP contribution >= 0.6 is 0 Å². The number of carbonyl (C=O) groups is 2. The molecule has 1 amide bonds. The van der Waals surface area contributed by atoms with Crippen LogP contribution in [0.4, 0.5) is 14.9 Å². The van der Waals surface area contributed by atoms with Crippen LogP contribution in [0.25, 0.3) is 0 Å². The Balaban J connectivity index is 2.44. The molecule has 0 fully saturated rings. The van der Waals surface area contributed by atoms with Gasteiger partial charge in [0.05, 0.1) is 19.3 Å². The van der Waals surface area contributed by atoms with Crippen LogP contribution in [0.3, 0.4) is 0 Å². The Morgan fingerprint density at radius 3 is 2.59 bits per heavy atom. The van der Waals surface area contributed by atoms with E-state index in [1.165, 1.54) is 11.0 Å². The number of benzene rings is 1. The second-order valence-electron chi connectivity index (χ2n) is 5.74. The van der Waals surface area contributed by atoms with Gasteiger partial charge in [-0.2, -0.15) is 0 Å². The Bertz CT molecular complexity index is 609. The van der Waals surface area contributed by atoms with Gasteiger partial charge in [0.1, 0.15) is 23.6 Å². The summed E-state index contributed by atoms with van der Waals surface area (Å²) in [5, 5.41) is 0. The van der Waals surface area contributed by atoms with E-state index in [9.17, 15) is 14.0 Å². The van der Waals surface area contributed by atoms with E-state index >= 15 is 0 Å². The highest BCUT2D eigenvalue weighted by molar-refractivity contribution is 5.99. The first-order valence-corrected chi connectivity index (χ1v) is 6.78. The number of ether oxygens (including phenoxy) is 3. The summed E-state index contributed by atoms with van der Waals surface area (Å²) < 4.78 is 29.2. The molecule has 1 heterocycles. The van der Waals surface area contributed by atoms with E-state index < -0.39 is 23.5 Å². The minimum absolute atomic E-state index is 0.0102. The molecule has 0 aliphatic carbocycles. The lowest BCUT2D eigenvalue weighted by Crippen LogP contribution is -2.42. The van der Waals surface area contributed by atoms with Crippen molar-refractivity contribution in [3.63, 3.8) is 0 Å². The summed E-state index contributed by atoms with van der Waals surface area (Å²) in [5.74, 6) is -1.64. The SMILES string of the molecule is COC(=O)c1c(F)ccc2c1OCCN2C(=O)OC(C)(C)C. The second-order valence-corrected chi connectivity index (χ2v) is 5.74. The molecule has 0 atom stereocenters. The number of hydrogen-bond acceptors (Lipinski definition) is 5. The van der Waals surface area contributed by atoms with Crippen LogP contribution in [-0.4, -0.2) is 37.9 Å². The topological polar surface area (TPSA) is 65.1 Å². The van der Waals surface area contributed by atoms with E-state index in [-0.39, 0.29) is 30.2 Å². The molecule has 7 heteroatoms. The Labute approximate surface area is 127 Å². The number of halogens is 1. The van der Waals surface area contributed by atoms with Crippen LogP contribution in [0.1, 0.15) is 31.1 Å². The number of esters is 1. The van der Waals surface area contributed by atoms with Gasteiger partial charge in [-0.05, 0) is 32.9 Å². The van der Waals surface area contributed by atoms with Crippen molar-refractivity contribution in [3.05, 3.63) is 23.5 Å². The molecule has 2 rings (SSSR count). The van der Waals surface area contributed by atoms with Crippen LogP contribution in [-0.2, 0) is 9.47 Å². The summed E-state index contributed by atoms with van der Waals surface area (Å²) in [6.07, 6.45) is -0.584. The van der Waals surface area contributed by atoms with Crippen LogP contribution in [0.2, 0.25) is 0 Å². The van der Waals surface area contributed by atoms with Crippen molar-refractivity contribution in [2.24, 2.45) is 0 Å². The predicted molar refractivity (Wildman–Crippen MR) is 76.8 cm³/mol. The number of amides is 1. The molecule has 120 valence electrons. The number of hydrogen-bond donors (Lipinski definition) is 0. The standard InChI is InChI=1S/C15H18FNO5/c1-15(2,3)22-14(19)17-7-8-21-12-10(17)6-5-9(16)11(12)13(18)20-4/h5-6H,7-8H2,1-4H3. The van der Waals surface area contributed by atoms with Gasteiger partial charge in [-0.1, -0.05) is 0 Å². The van der Waals surface area contributed by atoms with Crippen molar-refractivity contribution in [2.45, 2.75) is 26.4 Å². The molecule has 0 spiro atoms.